The van der Waals surface area contributed by atoms with Gasteiger partial charge in [-0.05, 0) is 364 Å². The number of aromatic nitrogens is 4. The zero-order valence-electron chi connectivity index (χ0n) is 86.7. The molecule has 0 saturated heterocycles. The molecule has 22 nitrogen and oxygen atoms in total. The summed E-state index contributed by atoms with van der Waals surface area (Å²) in [6.45, 7) is 44.7. The first kappa shape index (κ1) is 110. The number of carboxylic acids is 1. The number of aryl methyl sites for hydroxylation is 4. The number of carbonyl (C=O) groups excluding carboxylic acids is 6. The van der Waals surface area contributed by atoms with Gasteiger partial charge >= 0.3 is 23.9 Å². The summed E-state index contributed by atoms with van der Waals surface area (Å²) in [5, 5.41) is 18.1. The number of hydrogen-bond donors (Lipinski definition) is 2. The largest absolute Gasteiger partial charge is 0.479 e. The first-order chi connectivity index (χ1) is 69.0. The Hall–Kier alpha value is -11.3. The van der Waals surface area contributed by atoms with Crippen molar-refractivity contribution in [2.24, 2.45) is 0 Å². The summed E-state index contributed by atoms with van der Waals surface area (Å²) in [7, 11) is 3.62. The van der Waals surface area contributed by atoms with E-state index in [1.165, 1.54) is 22.7 Å². The molecule has 11 aromatic carbocycles. The summed E-state index contributed by atoms with van der Waals surface area (Å²) in [5.74, 6) is -2.19. The van der Waals surface area contributed by atoms with Crippen LogP contribution >= 0.6 is 108 Å². The fraction of sp³-hybridized carbons (Fsp3) is 0.336. The number of esters is 3. The molecular weight excluding hydrogens is 2080 g/mol. The van der Waals surface area contributed by atoms with Crippen molar-refractivity contribution in [3.05, 3.63) is 261 Å². The first-order valence-corrected chi connectivity index (χ1v) is 53.8. The van der Waals surface area contributed by atoms with Gasteiger partial charge in [0.2, 0.25) is 17.7 Å². The van der Waals surface area contributed by atoms with Crippen LogP contribution in [0.3, 0.4) is 0 Å². The number of benzene rings is 11. The highest BCUT2D eigenvalue weighted by Crippen LogP contribution is 2.54. The highest BCUT2D eigenvalue weighted by Gasteiger charge is 2.46. The number of carboxylic acid groups (broad SMARTS) is 1. The lowest BCUT2D eigenvalue weighted by Crippen LogP contribution is -2.33. The fourth-order valence-corrected chi connectivity index (χ4v) is 24.1. The van der Waals surface area contributed by atoms with Gasteiger partial charge in [0, 0.05) is 112 Å². The van der Waals surface area contributed by atoms with Crippen molar-refractivity contribution in [2.45, 2.75) is 223 Å². The third kappa shape index (κ3) is 23.7. The van der Waals surface area contributed by atoms with Crippen molar-refractivity contribution in [3.8, 4) is 76.2 Å². The minimum absolute atomic E-state index is 0.00408. The molecule has 147 heavy (non-hydrogen) atoms. The normalized spacial score (nSPS) is 14.6. The van der Waals surface area contributed by atoms with Crippen LogP contribution in [0.2, 0.25) is 20.1 Å². The molecule has 0 radical (unpaired) electrons. The highest BCUT2D eigenvalue weighted by atomic mass is 79.9. The van der Waals surface area contributed by atoms with Gasteiger partial charge in [0.05, 0.1) is 100 Å². The van der Waals surface area contributed by atoms with Gasteiger partial charge in [-0.3, -0.25) is 14.4 Å². The Bertz CT molecular complexity index is 7680. The zero-order valence-corrected chi connectivity index (χ0v) is 94.6. The molecule has 4 atom stereocenters. The summed E-state index contributed by atoms with van der Waals surface area (Å²) in [5.41, 5.74) is 21.4. The van der Waals surface area contributed by atoms with Crippen LogP contribution in [0.1, 0.15) is 217 Å². The number of carbonyl (C=O) groups is 7. The van der Waals surface area contributed by atoms with Crippen LogP contribution in [0.5, 0.6) is 0 Å². The average Bonchev–Trinajstić information content (AvgIpc) is 1.61. The Morgan fingerprint density at radius 3 is 0.952 bits per heavy atom. The molecule has 0 fully saturated rings. The van der Waals surface area contributed by atoms with E-state index in [0.29, 0.717) is 32.1 Å². The molecule has 0 unspecified atom stereocenters. The molecule has 2 N–H and O–H groups in total. The van der Waals surface area contributed by atoms with Crippen LogP contribution in [-0.4, -0.2) is 123 Å². The number of halogens is 5. The van der Waals surface area contributed by atoms with E-state index in [2.05, 4.69) is 32.3 Å². The highest BCUT2D eigenvalue weighted by molar-refractivity contribution is 9.11. The second kappa shape index (κ2) is 43.4. The SMILES string of the molecule is CCOC(=O)[C@@H](OC(C)(C)C)c1c(C)cc2nc(-c3ccc4c(c3)C(C)(C)C(=O)N4C)sc2c1-c1ccc(Cl)cc1.CCOC(=O)[C@@H](OC(C)(C)C)c1c(C)cc2nc(-c3ccc4c(c3)CC(=O)N4)sc2c1-c1ccc(Cl)cc1.CCOC(=O)[C@@H](OC(C)(C)C)c1c(C)cc2nc(Br)sc2c1-c1ccc(Cl)cc1.Cc1cc2nc(-c3ccc4c(c3)C(C)(C)C(=O)N4C)sc2c(-c2ccc(Cl)cc2)c1[C@H](OC(C)(C)C)C(=O)O. The number of fused-ring (bicyclic) bond motifs is 7. The van der Waals surface area contributed by atoms with Gasteiger partial charge in [0.1, 0.15) is 15.0 Å². The van der Waals surface area contributed by atoms with Crippen LogP contribution in [0.15, 0.2) is 180 Å². The van der Waals surface area contributed by atoms with E-state index in [0.717, 1.165) is 194 Å². The van der Waals surface area contributed by atoms with E-state index in [4.69, 9.17) is 94.5 Å². The Morgan fingerprint density at radius 2 is 0.660 bits per heavy atom. The number of aliphatic carboxylic acids is 1. The smallest absolute Gasteiger partial charge is 0.339 e. The van der Waals surface area contributed by atoms with E-state index in [1.54, 1.807) is 72.4 Å². The standard InChI is InChI=1S/C33H35ClN2O4S.C31H31ClN2O4S.C30H29ClN2O4S.C22H23BrClNO3S/c1-9-39-30(37)27(40-32(3,4)5)25-18(2)16-23-28(26(25)19-10-13-21(34)14-11-19)41-29(35-23)20-12-15-24-22(17-20)33(6,7)31(38)36(24)8;1-16-14-21-26(39-27(33-21)18-10-13-22-20(15-18)31(5,6)29(37)34(22)7)24(17-8-11-19(32)12-9-17)23(16)25(28(35)36)38-30(2,3)4;1-6-36-29(35)26(37-30(3,4)5)24-16(2)13-22-27(25(24)17-7-10-20(31)11-8-17)38-28(33-22)18-9-12-21-19(14-18)15-23(34)32-21;1-6-27-20(26)18(28-22(3,4)5)16-12(2)11-15-19(29-21(23)25-15)17(16)13-7-9-14(24)10-8-13/h10-17,27H,9H2,1-8H3;8-15,25H,1-7H3,(H,35,36);7-14,26H,6,15H2,1-5H3,(H,32,34);7-11,18H,6H2,1-5H3/t27-;25-;26-;18-/m0000/s1. The number of likely N-dealkylation sites (N-methyl/N-ethyl adjacent to an activating group) is 2. The van der Waals surface area contributed by atoms with Crippen molar-refractivity contribution in [1.82, 2.24) is 19.9 Å². The molecule has 3 aliphatic rings. The van der Waals surface area contributed by atoms with E-state index in [1.807, 2.05) is 303 Å². The predicted octanol–water partition coefficient (Wildman–Crippen LogP) is 30.7. The Kier molecular flexibility index (Phi) is 32.4. The number of nitrogens with zero attached hydrogens (tertiary/aromatic N) is 6. The second-order valence-corrected chi connectivity index (χ2v) is 48.5. The van der Waals surface area contributed by atoms with E-state index < -0.39 is 81.5 Å². The van der Waals surface area contributed by atoms with Gasteiger partial charge in [0.25, 0.3) is 0 Å². The van der Waals surface area contributed by atoms with Crippen LogP contribution in [0.4, 0.5) is 17.1 Å². The lowest BCUT2D eigenvalue weighted by atomic mass is 9.85. The molecule has 3 aliphatic heterocycles. The number of rotatable bonds is 22. The Morgan fingerprint density at radius 1 is 0.395 bits per heavy atom. The molecule has 31 heteroatoms. The maximum atomic E-state index is 13.4. The minimum Gasteiger partial charge on any atom is -0.479 e. The van der Waals surface area contributed by atoms with Gasteiger partial charge in [0.15, 0.2) is 28.3 Å². The van der Waals surface area contributed by atoms with E-state index in [-0.39, 0.29) is 37.5 Å². The molecule has 0 bridgehead atoms. The van der Waals surface area contributed by atoms with Crippen molar-refractivity contribution in [1.29, 1.82) is 0 Å². The van der Waals surface area contributed by atoms with Gasteiger partial charge in [-0.25, -0.2) is 39.1 Å². The zero-order chi connectivity index (χ0) is 107. The summed E-state index contributed by atoms with van der Waals surface area (Å²) >= 11 is 34.5. The monoisotopic (exact) mass is 2200 g/mol. The van der Waals surface area contributed by atoms with Crippen molar-refractivity contribution >= 4 is 207 Å². The molecule has 766 valence electrons. The minimum atomic E-state index is -1.17. The lowest BCUT2D eigenvalue weighted by molar-refractivity contribution is -0.167. The number of nitrogens with one attached hydrogen (secondary N) is 1. The van der Waals surface area contributed by atoms with Crippen molar-refractivity contribution in [3.63, 3.8) is 0 Å². The molecule has 15 aromatic rings. The Balaban J connectivity index is 0.000000148. The van der Waals surface area contributed by atoms with Crippen LogP contribution in [0, 0.1) is 27.7 Å². The summed E-state index contributed by atoms with van der Waals surface area (Å²) in [6.07, 6.45) is -3.52. The first-order valence-electron chi connectivity index (χ1n) is 48.2. The molecule has 0 saturated carbocycles. The average molecular weight is 2200 g/mol. The van der Waals surface area contributed by atoms with Crippen molar-refractivity contribution < 1.29 is 71.8 Å². The van der Waals surface area contributed by atoms with Gasteiger partial charge in [-0.1, -0.05) is 94.9 Å². The van der Waals surface area contributed by atoms with E-state index in [9.17, 15) is 38.7 Å². The summed E-state index contributed by atoms with van der Waals surface area (Å²) in [4.78, 5) is 113. The van der Waals surface area contributed by atoms with Crippen molar-refractivity contribution in [2.75, 3.05) is 49.0 Å². The third-order valence-corrected chi connectivity index (χ3v) is 31.1. The molecule has 4 aromatic heterocycles. The summed E-state index contributed by atoms with van der Waals surface area (Å²) in [6, 6.07) is 56.1. The molecular formula is C116H118BrCl4N7O15S4. The third-order valence-electron chi connectivity index (χ3n) is 25.1. The van der Waals surface area contributed by atoms with Crippen LogP contribution in [0.25, 0.3) is 117 Å². The van der Waals surface area contributed by atoms with Gasteiger partial charge in [-0.2, -0.15) is 0 Å². The molecule has 7 heterocycles. The molecule has 18 rings (SSSR count). The molecule has 0 spiro atoms. The topological polar surface area (TPSA) is 274 Å². The number of ether oxygens (including phenoxy) is 7. The van der Waals surface area contributed by atoms with Crippen LogP contribution < -0.4 is 15.1 Å². The quantitative estimate of drug-likeness (QED) is 0.0471. The number of thiazole rings is 4. The van der Waals surface area contributed by atoms with Gasteiger partial charge < -0.3 is 53.4 Å². The number of anilines is 3. The maximum absolute atomic E-state index is 13.4. The predicted molar refractivity (Wildman–Crippen MR) is 600 cm³/mol. The van der Waals surface area contributed by atoms with E-state index >= 15 is 0 Å². The molecule has 3 amide bonds. The summed E-state index contributed by atoms with van der Waals surface area (Å²) < 4.78 is 45.9. The lowest BCUT2D eigenvalue weighted by Gasteiger charge is -2.29. The fourth-order valence-electron chi connectivity index (χ4n) is 18.7. The molecule has 0 aliphatic carbocycles. The van der Waals surface area contributed by atoms with Crippen LogP contribution in [-0.2, 0) is 84.0 Å². The maximum Gasteiger partial charge on any atom is 0.339 e. The number of amides is 3. The Labute approximate surface area is 901 Å². The van der Waals surface area contributed by atoms with Gasteiger partial charge in [-0.15, -0.1) is 45.3 Å². The second-order valence-electron chi connectivity index (χ2n) is 41.4. The number of hydrogen-bond acceptors (Lipinski definition) is 22.